The largest absolute Gasteiger partial charge is 0.351 e. The van der Waals surface area contributed by atoms with Crippen molar-refractivity contribution in [3.05, 3.63) is 34.7 Å². The van der Waals surface area contributed by atoms with Gasteiger partial charge in [-0.2, -0.15) is 0 Å². The van der Waals surface area contributed by atoms with Crippen LogP contribution in [0, 0.1) is 5.82 Å². The van der Waals surface area contributed by atoms with E-state index in [1.54, 1.807) is 12.1 Å². The van der Waals surface area contributed by atoms with Crippen molar-refractivity contribution in [2.45, 2.75) is 6.92 Å². The molecule has 1 aromatic heterocycles. The number of hydrogen-bond acceptors (Lipinski definition) is 1. The summed E-state index contributed by atoms with van der Waals surface area (Å²) in [7, 11) is 0. The minimum atomic E-state index is -0.420. The summed E-state index contributed by atoms with van der Waals surface area (Å²) in [5.41, 5.74) is 0.798. The lowest BCUT2D eigenvalue weighted by Crippen LogP contribution is -1.91. The standard InChI is InChI=1S/C10H7ClFNO/c1-5(14)10-9(11)8-6(12)3-2-4-7(8)13-10/h2-4,13H,1H3. The van der Waals surface area contributed by atoms with Crippen LogP contribution >= 0.6 is 11.6 Å². The van der Waals surface area contributed by atoms with E-state index in [9.17, 15) is 9.18 Å². The molecule has 0 spiro atoms. The number of carbonyl (C=O) groups excluding carboxylic acids is 1. The second-order valence-electron chi connectivity index (χ2n) is 3.03. The molecule has 0 radical (unpaired) electrons. The normalized spacial score (nSPS) is 10.8. The summed E-state index contributed by atoms with van der Waals surface area (Å²) < 4.78 is 13.3. The molecular weight excluding hydrogens is 205 g/mol. The van der Waals surface area contributed by atoms with Gasteiger partial charge in [0.25, 0.3) is 0 Å². The van der Waals surface area contributed by atoms with Crippen molar-refractivity contribution in [1.29, 1.82) is 0 Å². The second-order valence-corrected chi connectivity index (χ2v) is 3.41. The highest BCUT2D eigenvalue weighted by atomic mass is 35.5. The molecular formula is C10H7ClFNO. The number of carbonyl (C=O) groups is 1. The maximum atomic E-state index is 13.3. The molecule has 0 aliphatic heterocycles. The average molecular weight is 212 g/mol. The molecule has 0 fully saturated rings. The second kappa shape index (κ2) is 3.10. The van der Waals surface area contributed by atoms with Crippen LogP contribution in [-0.2, 0) is 0 Å². The highest BCUT2D eigenvalue weighted by Crippen LogP contribution is 2.29. The number of ketones is 1. The van der Waals surface area contributed by atoms with Crippen molar-refractivity contribution in [2.24, 2.45) is 0 Å². The van der Waals surface area contributed by atoms with E-state index < -0.39 is 5.82 Å². The Morgan fingerprint density at radius 3 is 2.79 bits per heavy atom. The molecule has 0 aliphatic carbocycles. The van der Waals surface area contributed by atoms with Gasteiger partial charge in [0.1, 0.15) is 11.5 Å². The highest BCUT2D eigenvalue weighted by molar-refractivity contribution is 6.38. The lowest BCUT2D eigenvalue weighted by molar-refractivity contribution is 0.101. The Morgan fingerprint density at radius 2 is 2.21 bits per heavy atom. The number of halogens is 2. The first-order chi connectivity index (χ1) is 6.61. The van der Waals surface area contributed by atoms with Crippen LogP contribution in [0.3, 0.4) is 0 Å². The van der Waals surface area contributed by atoms with Crippen LogP contribution in [-0.4, -0.2) is 10.8 Å². The Bertz CT molecular complexity index is 518. The Morgan fingerprint density at radius 1 is 1.50 bits per heavy atom. The molecule has 0 saturated heterocycles. The number of H-pyrrole nitrogens is 1. The van der Waals surface area contributed by atoms with Crippen LogP contribution in [0.4, 0.5) is 4.39 Å². The molecule has 2 aromatic rings. The lowest BCUT2D eigenvalue weighted by atomic mass is 10.2. The molecule has 4 heteroatoms. The number of nitrogens with one attached hydrogen (secondary N) is 1. The molecule has 1 aromatic carbocycles. The molecule has 0 amide bonds. The number of Topliss-reactive ketones (excluding diaryl/α,β-unsaturated/α-hetero) is 1. The van der Waals surface area contributed by atoms with Gasteiger partial charge >= 0.3 is 0 Å². The van der Waals surface area contributed by atoms with Gasteiger partial charge < -0.3 is 4.98 Å². The number of aromatic amines is 1. The summed E-state index contributed by atoms with van der Waals surface area (Å²) in [6.45, 7) is 1.38. The quantitative estimate of drug-likeness (QED) is 0.722. The van der Waals surface area contributed by atoms with E-state index in [-0.39, 0.29) is 21.9 Å². The monoisotopic (exact) mass is 211 g/mol. The van der Waals surface area contributed by atoms with Crippen molar-refractivity contribution < 1.29 is 9.18 Å². The van der Waals surface area contributed by atoms with Crippen LogP contribution in [0.5, 0.6) is 0 Å². The van der Waals surface area contributed by atoms with E-state index in [0.717, 1.165) is 0 Å². The Kier molecular flexibility index (Phi) is 2.04. The van der Waals surface area contributed by atoms with E-state index in [1.807, 2.05) is 0 Å². The van der Waals surface area contributed by atoms with Gasteiger partial charge in [0.2, 0.25) is 0 Å². The number of hydrogen-bond donors (Lipinski definition) is 1. The summed E-state index contributed by atoms with van der Waals surface area (Å²) in [6, 6.07) is 4.55. The van der Waals surface area contributed by atoms with E-state index in [1.165, 1.54) is 13.0 Å². The van der Waals surface area contributed by atoms with Gasteiger partial charge in [-0.15, -0.1) is 0 Å². The van der Waals surface area contributed by atoms with Gasteiger partial charge in [-0.05, 0) is 12.1 Å². The van der Waals surface area contributed by atoms with Crippen LogP contribution in [0.2, 0.25) is 5.02 Å². The first-order valence-electron chi connectivity index (χ1n) is 4.08. The third-order valence-electron chi connectivity index (χ3n) is 2.06. The van der Waals surface area contributed by atoms with Crippen LogP contribution in [0.1, 0.15) is 17.4 Å². The molecule has 0 bridgehead atoms. The first kappa shape index (κ1) is 9.21. The molecule has 0 aliphatic rings. The van der Waals surface area contributed by atoms with Gasteiger partial charge in [0.05, 0.1) is 15.9 Å². The Labute approximate surface area is 84.7 Å². The predicted molar refractivity (Wildman–Crippen MR) is 53.3 cm³/mol. The molecule has 0 saturated carbocycles. The van der Waals surface area contributed by atoms with Crippen LogP contribution in [0.25, 0.3) is 10.9 Å². The SMILES string of the molecule is CC(=O)c1[nH]c2cccc(F)c2c1Cl. The zero-order valence-electron chi connectivity index (χ0n) is 7.40. The van der Waals surface area contributed by atoms with Gasteiger partial charge in [0.15, 0.2) is 5.78 Å². The maximum Gasteiger partial charge on any atom is 0.177 e. The molecule has 72 valence electrons. The maximum absolute atomic E-state index is 13.3. The molecule has 2 nitrogen and oxygen atoms in total. The number of fused-ring (bicyclic) bond motifs is 1. The fraction of sp³-hybridized carbons (Fsp3) is 0.100. The zero-order valence-corrected chi connectivity index (χ0v) is 8.15. The summed E-state index contributed by atoms with van der Waals surface area (Å²) in [4.78, 5) is 13.9. The Balaban J connectivity index is 2.87. The Hall–Kier alpha value is -1.35. The van der Waals surface area contributed by atoms with Gasteiger partial charge in [-0.1, -0.05) is 17.7 Å². The van der Waals surface area contributed by atoms with Gasteiger partial charge in [0, 0.05) is 6.92 Å². The first-order valence-corrected chi connectivity index (χ1v) is 4.45. The summed E-state index contributed by atoms with van der Waals surface area (Å²) in [6.07, 6.45) is 0. The lowest BCUT2D eigenvalue weighted by Gasteiger charge is -1.91. The van der Waals surface area contributed by atoms with Crippen LogP contribution < -0.4 is 0 Å². The number of aromatic nitrogens is 1. The topological polar surface area (TPSA) is 32.9 Å². The molecule has 1 N–H and O–H groups in total. The smallest absolute Gasteiger partial charge is 0.177 e. The van der Waals surface area contributed by atoms with Crippen LogP contribution in [0.15, 0.2) is 18.2 Å². The van der Waals surface area contributed by atoms with Crippen molar-refractivity contribution in [2.75, 3.05) is 0 Å². The summed E-state index contributed by atoms with van der Waals surface area (Å²) in [5.74, 6) is -0.623. The zero-order chi connectivity index (χ0) is 10.3. The predicted octanol–water partition coefficient (Wildman–Crippen LogP) is 3.16. The number of benzene rings is 1. The van der Waals surface area contributed by atoms with Crippen molar-refractivity contribution in [3.63, 3.8) is 0 Å². The molecule has 1 heterocycles. The van der Waals surface area contributed by atoms with E-state index in [2.05, 4.69) is 4.98 Å². The average Bonchev–Trinajstić information content (AvgIpc) is 2.45. The molecule has 0 unspecified atom stereocenters. The van der Waals surface area contributed by atoms with Crippen molar-refractivity contribution in [3.8, 4) is 0 Å². The van der Waals surface area contributed by atoms with Gasteiger partial charge in [-0.25, -0.2) is 4.39 Å². The van der Waals surface area contributed by atoms with E-state index >= 15 is 0 Å². The number of rotatable bonds is 1. The molecule has 2 rings (SSSR count). The van der Waals surface area contributed by atoms with E-state index in [0.29, 0.717) is 5.52 Å². The summed E-state index contributed by atoms with van der Waals surface area (Å²) in [5, 5.41) is 0.435. The third kappa shape index (κ3) is 1.21. The minimum absolute atomic E-state index is 0.158. The third-order valence-corrected chi connectivity index (χ3v) is 2.44. The minimum Gasteiger partial charge on any atom is -0.351 e. The molecule has 0 atom stereocenters. The fourth-order valence-electron chi connectivity index (χ4n) is 1.41. The highest BCUT2D eigenvalue weighted by Gasteiger charge is 2.15. The van der Waals surface area contributed by atoms with E-state index in [4.69, 9.17) is 11.6 Å². The molecule has 14 heavy (non-hydrogen) atoms. The van der Waals surface area contributed by atoms with Gasteiger partial charge in [-0.3, -0.25) is 4.79 Å². The van der Waals surface area contributed by atoms with Crippen molar-refractivity contribution >= 4 is 28.3 Å². The summed E-state index contributed by atoms with van der Waals surface area (Å²) >= 11 is 5.87. The van der Waals surface area contributed by atoms with Crippen molar-refractivity contribution in [1.82, 2.24) is 4.98 Å². The fourth-order valence-corrected chi connectivity index (χ4v) is 1.78.